The molecule has 0 aromatic carbocycles. The van der Waals surface area contributed by atoms with Gasteiger partial charge in [-0.25, -0.2) is 0 Å². The molecule has 78 valence electrons. The third kappa shape index (κ3) is 2.21. The molecule has 1 aromatic heterocycles. The van der Waals surface area contributed by atoms with Crippen LogP contribution in [0.25, 0.3) is 0 Å². The first-order valence-corrected chi connectivity index (χ1v) is 3.78. The van der Waals surface area contributed by atoms with Crippen LogP contribution >= 0.6 is 0 Å². The number of aliphatic hydroxyl groups is 2. The summed E-state index contributed by atoms with van der Waals surface area (Å²) >= 11 is 0. The topological polar surface area (TPSA) is 53.4 Å². The van der Waals surface area contributed by atoms with E-state index in [-0.39, 0.29) is 0 Å². The first kappa shape index (κ1) is 10.9. The molecule has 0 aliphatic heterocycles. The van der Waals surface area contributed by atoms with Crippen molar-refractivity contribution in [3.8, 4) is 0 Å². The molecule has 0 fully saturated rings. The number of aliphatic hydroxyl groups excluding tert-OH is 2. The average Bonchev–Trinajstić information content (AvgIpc) is 2.15. The van der Waals surface area contributed by atoms with Crippen LogP contribution in [0.3, 0.4) is 0 Å². The highest BCUT2D eigenvalue weighted by atomic mass is 19.4. The molecule has 1 heterocycles. The van der Waals surface area contributed by atoms with E-state index in [4.69, 9.17) is 10.2 Å². The van der Waals surface area contributed by atoms with Crippen molar-refractivity contribution >= 4 is 0 Å². The van der Waals surface area contributed by atoms with Crippen molar-refractivity contribution < 1.29 is 23.4 Å². The lowest BCUT2D eigenvalue weighted by molar-refractivity contribution is -0.139. The minimum atomic E-state index is -4.57. The van der Waals surface area contributed by atoms with Crippen LogP contribution in [0.5, 0.6) is 0 Å². The first-order chi connectivity index (χ1) is 6.46. The van der Waals surface area contributed by atoms with E-state index >= 15 is 0 Å². The van der Waals surface area contributed by atoms with Crippen molar-refractivity contribution in [1.29, 1.82) is 0 Å². The summed E-state index contributed by atoms with van der Waals surface area (Å²) in [7, 11) is 0. The Morgan fingerprint density at radius 2 is 2.07 bits per heavy atom. The Bertz CT molecular complexity index is 314. The first-order valence-electron chi connectivity index (χ1n) is 3.78. The molecule has 0 amide bonds. The summed E-state index contributed by atoms with van der Waals surface area (Å²) in [5.74, 6) is 0. The summed E-state index contributed by atoms with van der Waals surface area (Å²) in [6.45, 7) is -0.792. The number of pyridine rings is 1. The number of aromatic nitrogens is 1. The summed E-state index contributed by atoms with van der Waals surface area (Å²) in [5, 5.41) is 17.6. The fourth-order valence-corrected chi connectivity index (χ4v) is 1.01. The minimum absolute atomic E-state index is 0.553. The van der Waals surface area contributed by atoms with Crippen LogP contribution in [0.1, 0.15) is 17.4 Å². The van der Waals surface area contributed by atoms with Gasteiger partial charge in [-0.3, -0.25) is 4.98 Å². The summed E-state index contributed by atoms with van der Waals surface area (Å²) in [6.07, 6.45) is -5.05. The van der Waals surface area contributed by atoms with Gasteiger partial charge < -0.3 is 10.2 Å². The van der Waals surface area contributed by atoms with Crippen LogP contribution in [-0.2, 0) is 6.18 Å². The van der Waals surface area contributed by atoms with Gasteiger partial charge in [0, 0.05) is 6.20 Å². The molecule has 0 saturated heterocycles. The third-order valence-corrected chi connectivity index (χ3v) is 1.63. The largest absolute Gasteiger partial charge is 0.418 e. The zero-order chi connectivity index (χ0) is 10.8. The molecule has 0 aliphatic carbocycles. The Morgan fingerprint density at radius 1 is 1.43 bits per heavy atom. The fourth-order valence-electron chi connectivity index (χ4n) is 1.01. The van der Waals surface area contributed by atoms with E-state index in [0.717, 1.165) is 18.3 Å². The minimum Gasteiger partial charge on any atom is -0.393 e. The van der Waals surface area contributed by atoms with Gasteiger partial charge in [0.25, 0.3) is 0 Å². The molecule has 2 N–H and O–H groups in total. The summed E-state index contributed by atoms with van der Waals surface area (Å²) in [4.78, 5) is 3.39. The number of rotatable bonds is 2. The van der Waals surface area contributed by atoms with Gasteiger partial charge in [0.2, 0.25) is 0 Å². The van der Waals surface area contributed by atoms with Crippen molar-refractivity contribution in [2.75, 3.05) is 6.61 Å². The molecule has 0 aliphatic rings. The average molecular weight is 207 g/mol. The van der Waals surface area contributed by atoms with Crippen molar-refractivity contribution in [3.05, 3.63) is 29.6 Å². The second kappa shape index (κ2) is 3.93. The number of alkyl halides is 3. The maximum absolute atomic E-state index is 12.3. The molecule has 0 saturated carbocycles. The van der Waals surface area contributed by atoms with Gasteiger partial charge in [-0.2, -0.15) is 13.2 Å². The van der Waals surface area contributed by atoms with E-state index < -0.39 is 30.1 Å². The van der Waals surface area contributed by atoms with Crippen molar-refractivity contribution in [1.82, 2.24) is 4.98 Å². The van der Waals surface area contributed by atoms with Gasteiger partial charge in [0.15, 0.2) is 0 Å². The molecule has 3 nitrogen and oxygen atoms in total. The Hall–Kier alpha value is -1.14. The zero-order valence-corrected chi connectivity index (χ0v) is 6.99. The number of nitrogens with zero attached hydrogens (tertiary/aromatic N) is 1. The molecule has 1 atom stereocenters. The lowest BCUT2D eigenvalue weighted by Crippen LogP contribution is -2.15. The standard InChI is InChI=1S/C8H8F3NO2/c9-8(10,11)5-2-1-3-12-7(5)6(14)4-13/h1-3,6,13-14H,4H2. The van der Waals surface area contributed by atoms with Crippen molar-refractivity contribution in [3.63, 3.8) is 0 Å². The van der Waals surface area contributed by atoms with E-state index in [1.165, 1.54) is 0 Å². The highest BCUT2D eigenvalue weighted by molar-refractivity contribution is 5.24. The Morgan fingerprint density at radius 3 is 2.57 bits per heavy atom. The van der Waals surface area contributed by atoms with Gasteiger partial charge in [-0.1, -0.05) is 0 Å². The van der Waals surface area contributed by atoms with Crippen molar-refractivity contribution in [2.24, 2.45) is 0 Å². The maximum atomic E-state index is 12.3. The Labute approximate surface area is 77.8 Å². The summed E-state index contributed by atoms with van der Waals surface area (Å²) in [5.41, 5.74) is -1.58. The molecular formula is C8H8F3NO2. The lowest BCUT2D eigenvalue weighted by atomic mass is 10.1. The quantitative estimate of drug-likeness (QED) is 0.764. The van der Waals surface area contributed by atoms with Crippen LogP contribution in [0, 0.1) is 0 Å². The molecule has 1 rings (SSSR count). The van der Waals surface area contributed by atoms with Gasteiger partial charge in [0.05, 0.1) is 17.9 Å². The van der Waals surface area contributed by atoms with Crippen LogP contribution in [0.2, 0.25) is 0 Å². The molecule has 1 aromatic rings. The molecular weight excluding hydrogens is 199 g/mol. The summed E-state index contributed by atoms with van der Waals surface area (Å²) < 4.78 is 36.9. The third-order valence-electron chi connectivity index (χ3n) is 1.63. The molecule has 0 spiro atoms. The predicted octanol–water partition coefficient (Wildman–Crippen LogP) is 1.13. The number of hydrogen-bond donors (Lipinski definition) is 2. The van der Waals surface area contributed by atoms with Crippen LogP contribution in [-0.4, -0.2) is 21.8 Å². The zero-order valence-electron chi connectivity index (χ0n) is 6.99. The maximum Gasteiger partial charge on any atom is 0.418 e. The SMILES string of the molecule is OCC(O)c1ncccc1C(F)(F)F. The lowest BCUT2D eigenvalue weighted by Gasteiger charge is -2.14. The van der Waals surface area contributed by atoms with E-state index in [0.29, 0.717) is 0 Å². The summed E-state index contributed by atoms with van der Waals surface area (Å²) in [6, 6.07) is 1.93. The molecule has 1 unspecified atom stereocenters. The van der Waals surface area contributed by atoms with E-state index in [1.807, 2.05) is 0 Å². The normalized spacial score (nSPS) is 14.1. The van der Waals surface area contributed by atoms with Crippen LogP contribution < -0.4 is 0 Å². The van der Waals surface area contributed by atoms with E-state index in [1.54, 1.807) is 0 Å². The van der Waals surface area contributed by atoms with Crippen molar-refractivity contribution in [2.45, 2.75) is 12.3 Å². The highest BCUT2D eigenvalue weighted by Crippen LogP contribution is 2.33. The monoisotopic (exact) mass is 207 g/mol. The van der Waals surface area contributed by atoms with Crippen LogP contribution in [0.4, 0.5) is 13.2 Å². The number of hydrogen-bond acceptors (Lipinski definition) is 3. The van der Waals surface area contributed by atoms with Gasteiger partial charge >= 0.3 is 6.18 Å². The second-order valence-electron chi connectivity index (χ2n) is 2.63. The Kier molecular flexibility index (Phi) is 3.07. The van der Waals surface area contributed by atoms with Gasteiger partial charge in [-0.05, 0) is 12.1 Å². The second-order valence-corrected chi connectivity index (χ2v) is 2.63. The molecule has 0 radical (unpaired) electrons. The van der Waals surface area contributed by atoms with Crippen LogP contribution in [0.15, 0.2) is 18.3 Å². The van der Waals surface area contributed by atoms with Gasteiger partial charge in [-0.15, -0.1) is 0 Å². The molecule has 0 bridgehead atoms. The molecule has 14 heavy (non-hydrogen) atoms. The smallest absolute Gasteiger partial charge is 0.393 e. The van der Waals surface area contributed by atoms with E-state index in [9.17, 15) is 13.2 Å². The number of halogens is 3. The van der Waals surface area contributed by atoms with E-state index in [2.05, 4.69) is 4.98 Å². The fraction of sp³-hybridized carbons (Fsp3) is 0.375. The highest BCUT2D eigenvalue weighted by Gasteiger charge is 2.35. The Balaban J connectivity index is 3.16. The predicted molar refractivity (Wildman–Crippen MR) is 41.3 cm³/mol. The van der Waals surface area contributed by atoms with Gasteiger partial charge in [0.1, 0.15) is 6.10 Å². The molecule has 6 heteroatoms.